The van der Waals surface area contributed by atoms with E-state index in [0.717, 1.165) is 9.21 Å². The van der Waals surface area contributed by atoms with Crippen LogP contribution in [-0.4, -0.2) is 71.7 Å². The molecule has 9 nitrogen and oxygen atoms in total. The fourth-order valence-corrected chi connectivity index (χ4v) is 4.50. The van der Waals surface area contributed by atoms with Crippen LogP contribution in [-0.2, 0) is 14.8 Å². The molecular formula is C17H20N2O7S. The minimum atomic E-state index is -4.13. The normalized spacial score (nSPS) is 20.4. The number of hydrogen-bond donors (Lipinski definition) is 2. The van der Waals surface area contributed by atoms with Gasteiger partial charge in [-0.2, -0.15) is 4.31 Å². The number of carboxylic acids is 1. The first kappa shape index (κ1) is 20.5. The Labute approximate surface area is 157 Å². The van der Waals surface area contributed by atoms with Crippen molar-refractivity contribution in [3.8, 4) is 17.6 Å². The lowest BCUT2D eigenvalue weighted by Crippen LogP contribution is -2.63. The highest BCUT2D eigenvalue weighted by Crippen LogP contribution is 2.26. The van der Waals surface area contributed by atoms with E-state index in [0.29, 0.717) is 5.75 Å². The molecule has 1 fully saturated rings. The molecule has 1 aromatic carbocycles. The summed E-state index contributed by atoms with van der Waals surface area (Å²) in [5.41, 5.74) is 0. The van der Waals surface area contributed by atoms with Gasteiger partial charge in [0, 0.05) is 13.1 Å². The summed E-state index contributed by atoms with van der Waals surface area (Å²) < 4.78 is 32.0. The minimum absolute atomic E-state index is 0.0985. The van der Waals surface area contributed by atoms with Crippen LogP contribution >= 0.6 is 0 Å². The van der Waals surface area contributed by atoms with Crippen molar-refractivity contribution in [1.29, 1.82) is 0 Å². The van der Waals surface area contributed by atoms with Crippen molar-refractivity contribution in [1.82, 2.24) is 9.21 Å². The monoisotopic (exact) mass is 396 g/mol. The highest BCUT2D eigenvalue weighted by molar-refractivity contribution is 7.89. The van der Waals surface area contributed by atoms with Crippen molar-refractivity contribution >= 4 is 22.1 Å². The molecule has 0 spiro atoms. The molecule has 0 bridgehead atoms. The molecule has 1 amide bonds. The molecule has 146 valence electrons. The predicted molar refractivity (Wildman–Crippen MR) is 94.9 cm³/mol. The van der Waals surface area contributed by atoms with E-state index in [2.05, 4.69) is 11.8 Å². The number of sulfonamides is 1. The standard InChI is InChI=1S/C17H20N2O7S/c1-3-4-11-26-13-5-7-14(8-6-13)27(24,25)19-10-9-18(17(22)23)12(2)15(19)16(20)21/h5-8,12,15H,9-11H2,1-2H3,(H,20,21)(H,22,23). The van der Waals surface area contributed by atoms with Crippen molar-refractivity contribution in [3.63, 3.8) is 0 Å². The van der Waals surface area contributed by atoms with Crippen molar-refractivity contribution in [2.75, 3.05) is 19.7 Å². The molecule has 0 radical (unpaired) electrons. The molecule has 1 aliphatic rings. The Kier molecular flexibility index (Phi) is 6.30. The summed E-state index contributed by atoms with van der Waals surface area (Å²) in [6, 6.07) is 3.00. The average Bonchev–Trinajstić information content (AvgIpc) is 2.61. The van der Waals surface area contributed by atoms with Crippen LogP contribution in [0.25, 0.3) is 0 Å². The Hall–Kier alpha value is -2.77. The average molecular weight is 396 g/mol. The summed E-state index contributed by atoms with van der Waals surface area (Å²) in [6.45, 7) is 2.85. The smallest absolute Gasteiger partial charge is 0.407 e. The first-order valence-corrected chi connectivity index (χ1v) is 9.51. The molecule has 2 unspecified atom stereocenters. The summed E-state index contributed by atoms with van der Waals surface area (Å²) in [7, 11) is -4.13. The summed E-state index contributed by atoms with van der Waals surface area (Å²) in [4.78, 5) is 23.7. The molecule has 1 aliphatic heterocycles. The van der Waals surface area contributed by atoms with E-state index in [4.69, 9.17) is 4.74 Å². The number of rotatable bonds is 5. The molecule has 2 atom stereocenters. The largest absolute Gasteiger partial charge is 0.481 e. The zero-order valence-corrected chi connectivity index (χ0v) is 15.6. The molecule has 2 rings (SSSR count). The second-order valence-corrected chi connectivity index (χ2v) is 7.69. The van der Waals surface area contributed by atoms with E-state index in [1.165, 1.54) is 31.2 Å². The number of hydrogen-bond acceptors (Lipinski definition) is 5. The van der Waals surface area contributed by atoms with E-state index in [1.54, 1.807) is 6.92 Å². The van der Waals surface area contributed by atoms with E-state index < -0.39 is 34.2 Å². The zero-order valence-electron chi connectivity index (χ0n) is 14.8. The Balaban J connectivity index is 2.29. The SMILES string of the molecule is CC#CCOc1ccc(S(=O)(=O)N2CCN(C(=O)O)C(C)C2C(=O)O)cc1. The van der Waals surface area contributed by atoms with Gasteiger partial charge in [0.2, 0.25) is 10.0 Å². The van der Waals surface area contributed by atoms with Gasteiger partial charge in [0.25, 0.3) is 0 Å². The molecule has 1 aromatic rings. The summed E-state index contributed by atoms with van der Waals surface area (Å²) in [5.74, 6) is 4.40. The van der Waals surface area contributed by atoms with E-state index in [1.807, 2.05) is 0 Å². The van der Waals surface area contributed by atoms with Crippen LogP contribution in [0.2, 0.25) is 0 Å². The van der Waals surface area contributed by atoms with Gasteiger partial charge in [-0.05, 0) is 38.1 Å². The topological polar surface area (TPSA) is 124 Å². The number of amides is 1. The van der Waals surface area contributed by atoms with Gasteiger partial charge in [-0.25, -0.2) is 13.2 Å². The summed E-state index contributed by atoms with van der Waals surface area (Å²) >= 11 is 0. The molecule has 0 saturated carbocycles. The minimum Gasteiger partial charge on any atom is -0.481 e. The maximum absolute atomic E-state index is 12.9. The van der Waals surface area contributed by atoms with Crippen LogP contribution in [0.1, 0.15) is 13.8 Å². The van der Waals surface area contributed by atoms with Gasteiger partial charge < -0.3 is 19.8 Å². The van der Waals surface area contributed by atoms with Crippen molar-refractivity contribution < 1.29 is 33.0 Å². The van der Waals surface area contributed by atoms with E-state index in [9.17, 15) is 28.2 Å². The molecule has 10 heteroatoms. The van der Waals surface area contributed by atoms with Gasteiger partial charge in [-0.15, -0.1) is 5.92 Å². The Bertz CT molecular complexity index is 871. The number of carboxylic acid groups (broad SMARTS) is 2. The van der Waals surface area contributed by atoms with Crippen molar-refractivity contribution in [2.45, 2.75) is 30.8 Å². The third kappa shape index (κ3) is 4.32. The molecule has 2 N–H and O–H groups in total. The van der Waals surface area contributed by atoms with Crippen LogP contribution in [0.3, 0.4) is 0 Å². The van der Waals surface area contributed by atoms with Gasteiger partial charge in [-0.1, -0.05) is 5.92 Å². The van der Waals surface area contributed by atoms with Crippen LogP contribution < -0.4 is 4.74 Å². The molecule has 1 heterocycles. The van der Waals surface area contributed by atoms with E-state index >= 15 is 0 Å². The maximum Gasteiger partial charge on any atom is 0.407 e. The van der Waals surface area contributed by atoms with Gasteiger partial charge in [0.15, 0.2) is 0 Å². The fourth-order valence-electron chi connectivity index (χ4n) is 2.86. The highest BCUT2D eigenvalue weighted by Gasteiger charge is 2.46. The number of benzene rings is 1. The van der Waals surface area contributed by atoms with Gasteiger partial charge in [0.1, 0.15) is 18.4 Å². The molecule has 1 saturated heterocycles. The summed E-state index contributed by atoms with van der Waals surface area (Å²) in [5, 5.41) is 18.7. The van der Waals surface area contributed by atoms with Gasteiger partial charge >= 0.3 is 12.1 Å². The third-order valence-electron chi connectivity index (χ3n) is 4.24. The first-order chi connectivity index (χ1) is 12.7. The number of carbonyl (C=O) groups is 2. The van der Waals surface area contributed by atoms with Gasteiger partial charge in [0.05, 0.1) is 10.9 Å². The number of aliphatic carboxylic acids is 1. The lowest BCUT2D eigenvalue weighted by molar-refractivity contribution is -0.144. The third-order valence-corrected chi connectivity index (χ3v) is 6.13. The fraction of sp³-hybridized carbons (Fsp3) is 0.412. The van der Waals surface area contributed by atoms with Crippen LogP contribution in [0.15, 0.2) is 29.2 Å². The van der Waals surface area contributed by atoms with Crippen molar-refractivity contribution in [3.05, 3.63) is 24.3 Å². The quantitative estimate of drug-likeness (QED) is 0.709. The Morgan fingerprint density at radius 3 is 2.37 bits per heavy atom. The maximum atomic E-state index is 12.9. The number of piperazine rings is 1. The summed E-state index contributed by atoms with van der Waals surface area (Å²) in [6.07, 6.45) is -1.29. The second-order valence-electron chi connectivity index (χ2n) is 5.80. The Morgan fingerprint density at radius 2 is 1.85 bits per heavy atom. The van der Waals surface area contributed by atoms with Crippen LogP contribution in [0.5, 0.6) is 5.75 Å². The number of ether oxygens (including phenoxy) is 1. The highest BCUT2D eigenvalue weighted by atomic mass is 32.2. The molecular weight excluding hydrogens is 376 g/mol. The second kappa shape index (κ2) is 8.28. The molecule has 27 heavy (non-hydrogen) atoms. The lowest BCUT2D eigenvalue weighted by atomic mass is 10.1. The van der Waals surface area contributed by atoms with Crippen LogP contribution in [0.4, 0.5) is 4.79 Å². The van der Waals surface area contributed by atoms with Gasteiger partial charge in [-0.3, -0.25) is 4.79 Å². The van der Waals surface area contributed by atoms with E-state index in [-0.39, 0.29) is 24.6 Å². The number of nitrogens with zero attached hydrogens (tertiary/aromatic N) is 2. The lowest BCUT2D eigenvalue weighted by Gasteiger charge is -2.42. The molecule has 0 aliphatic carbocycles. The molecule has 0 aromatic heterocycles. The zero-order chi connectivity index (χ0) is 20.2. The first-order valence-electron chi connectivity index (χ1n) is 8.07. The van der Waals surface area contributed by atoms with Crippen LogP contribution in [0, 0.1) is 11.8 Å². The van der Waals surface area contributed by atoms with Crippen molar-refractivity contribution in [2.24, 2.45) is 0 Å². The predicted octanol–water partition coefficient (Wildman–Crippen LogP) is 0.915. The Morgan fingerprint density at radius 1 is 1.22 bits per heavy atom.